The number of para-hydroxylation sites is 1. The van der Waals surface area contributed by atoms with Crippen molar-refractivity contribution in [2.24, 2.45) is 10.2 Å². The fourth-order valence-corrected chi connectivity index (χ4v) is 1.83. The number of carbonyl (C=O) groups excluding carboxylic acids is 1. The van der Waals surface area contributed by atoms with Crippen molar-refractivity contribution in [3.05, 3.63) is 42.2 Å². The fourth-order valence-electron chi connectivity index (χ4n) is 1.83. The summed E-state index contributed by atoms with van der Waals surface area (Å²) in [7, 11) is 0. The number of nitrogens with zero attached hydrogens (tertiary/aromatic N) is 3. The zero-order valence-electron chi connectivity index (χ0n) is 11.0. The van der Waals surface area contributed by atoms with Crippen LogP contribution in [0, 0.1) is 0 Å². The molecule has 0 aliphatic carbocycles. The molecule has 0 saturated heterocycles. The number of hydrogen-bond donors (Lipinski definition) is 1. The predicted molar refractivity (Wildman–Crippen MR) is 74.4 cm³/mol. The van der Waals surface area contributed by atoms with Crippen LogP contribution in [0.15, 0.2) is 52.5 Å². The third kappa shape index (κ3) is 3.72. The average molecular weight is 258 g/mol. The van der Waals surface area contributed by atoms with Gasteiger partial charge in [0.1, 0.15) is 0 Å². The molecule has 100 valence electrons. The van der Waals surface area contributed by atoms with Gasteiger partial charge in [-0.25, -0.2) is 5.43 Å². The number of carbonyl (C=O) groups is 1. The molecule has 19 heavy (non-hydrogen) atoms. The number of hydrazine groups is 1. The van der Waals surface area contributed by atoms with Crippen molar-refractivity contribution in [2.75, 3.05) is 11.6 Å². The van der Waals surface area contributed by atoms with E-state index >= 15 is 0 Å². The summed E-state index contributed by atoms with van der Waals surface area (Å²) in [6.07, 6.45) is 4.86. The van der Waals surface area contributed by atoms with Gasteiger partial charge in [0.2, 0.25) is 0 Å². The molecule has 1 aromatic rings. The van der Waals surface area contributed by atoms with Gasteiger partial charge >= 0.3 is 0 Å². The highest BCUT2D eigenvalue weighted by Crippen LogP contribution is 2.20. The number of benzene rings is 1. The van der Waals surface area contributed by atoms with Crippen molar-refractivity contribution in [1.29, 1.82) is 0 Å². The number of unbranched alkanes of at least 4 members (excludes halogenated alkanes) is 2. The normalized spacial score (nSPS) is 13.7. The van der Waals surface area contributed by atoms with Gasteiger partial charge in [0.05, 0.1) is 11.8 Å². The van der Waals surface area contributed by atoms with Crippen LogP contribution < -0.4 is 10.4 Å². The summed E-state index contributed by atoms with van der Waals surface area (Å²) in [6, 6.07) is 9.78. The van der Waals surface area contributed by atoms with Gasteiger partial charge in [0.15, 0.2) is 5.82 Å². The van der Waals surface area contributed by atoms with Crippen LogP contribution in [0.3, 0.4) is 0 Å². The maximum absolute atomic E-state index is 11.2. The SMILES string of the molecule is CCCCCNN(C1=CC(=O)N=N1)c1ccccc1. The minimum absolute atomic E-state index is 0.314. The lowest BCUT2D eigenvalue weighted by Crippen LogP contribution is -2.37. The molecule has 2 rings (SSSR count). The number of nitrogens with one attached hydrogen (secondary N) is 1. The van der Waals surface area contributed by atoms with Gasteiger partial charge in [0.25, 0.3) is 5.91 Å². The van der Waals surface area contributed by atoms with Crippen LogP contribution in [-0.4, -0.2) is 12.5 Å². The molecule has 5 nitrogen and oxygen atoms in total. The largest absolute Gasteiger partial charge is 0.292 e. The first kappa shape index (κ1) is 13.4. The molecule has 0 radical (unpaired) electrons. The Hall–Kier alpha value is -2.01. The maximum atomic E-state index is 11.2. The van der Waals surface area contributed by atoms with E-state index in [9.17, 15) is 4.79 Å². The number of azo groups is 1. The third-order valence-corrected chi connectivity index (χ3v) is 2.80. The molecule has 1 heterocycles. The molecule has 0 fully saturated rings. The van der Waals surface area contributed by atoms with Gasteiger partial charge in [-0.05, 0) is 18.6 Å². The topological polar surface area (TPSA) is 57.1 Å². The fraction of sp³-hybridized carbons (Fsp3) is 0.357. The second-order valence-electron chi connectivity index (χ2n) is 4.33. The van der Waals surface area contributed by atoms with Crippen LogP contribution >= 0.6 is 0 Å². The molecule has 5 heteroatoms. The van der Waals surface area contributed by atoms with E-state index in [0.29, 0.717) is 5.82 Å². The molecule has 1 aliphatic rings. The third-order valence-electron chi connectivity index (χ3n) is 2.80. The monoisotopic (exact) mass is 258 g/mol. The molecule has 0 aromatic heterocycles. The Balaban J connectivity index is 2.08. The Kier molecular flexibility index (Phi) is 4.80. The first-order valence-corrected chi connectivity index (χ1v) is 6.57. The zero-order chi connectivity index (χ0) is 13.5. The minimum atomic E-state index is -0.314. The van der Waals surface area contributed by atoms with Crippen LogP contribution in [0.5, 0.6) is 0 Å². The molecular formula is C14H18N4O. The van der Waals surface area contributed by atoms with E-state index in [2.05, 4.69) is 22.6 Å². The number of anilines is 1. The lowest BCUT2D eigenvalue weighted by atomic mass is 10.2. The molecule has 0 bridgehead atoms. The van der Waals surface area contributed by atoms with E-state index in [1.165, 1.54) is 18.9 Å². The van der Waals surface area contributed by atoms with Gasteiger partial charge in [-0.3, -0.25) is 9.80 Å². The van der Waals surface area contributed by atoms with Crippen molar-refractivity contribution in [3.8, 4) is 0 Å². The average Bonchev–Trinajstić information content (AvgIpc) is 2.86. The van der Waals surface area contributed by atoms with Gasteiger partial charge in [-0.15, -0.1) is 10.2 Å². The van der Waals surface area contributed by atoms with Crippen LogP contribution in [0.25, 0.3) is 0 Å². The van der Waals surface area contributed by atoms with Crippen LogP contribution in [0.2, 0.25) is 0 Å². The summed E-state index contributed by atoms with van der Waals surface area (Å²) in [5.41, 5.74) is 4.24. The van der Waals surface area contributed by atoms with E-state index in [0.717, 1.165) is 18.7 Å². The first-order chi connectivity index (χ1) is 9.31. The molecule has 0 spiro atoms. The quantitative estimate of drug-likeness (QED) is 0.604. The highest BCUT2D eigenvalue weighted by molar-refractivity contribution is 5.91. The molecule has 1 aromatic carbocycles. The Morgan fingerprint density at radius 3 is 2.58 bits per heavy atom. The van der Waals surface area contributed by atoms with E-state index in [1.54, 1.807) is 0 Å². The molecule has 0 saturated carbocycles. The second kappa shape index (κ2) is 6.80. The van der Waals surface area contributed by atoms with Gasteiger partial charge in [0, 0.05) is 6.54 Å². The van der Waals surface area contributed by atoms with Crippen molar-refractivity contribution in [2.45, 2.75) is 26.2 Å². The maximum Gasteiger partial charge on any atom is 0.292 e. The highest BCUT2D eigenvalue weighted by atomic mass is 16.1. The zero-order valence-corrected chi connectivity index (χ0v) is 11.0. The molecule has 1 aliphatic heterocycles. The van der Waals surface area contributed by atoms with Crippen molar-refractivity contribution in [1.82, 2.24) is 5.43 Å². The smallest absolute Gasteiger partial charge is 0.266 e. The summed E-state index contributed by atoms with van der Waals surface area (Å²) in [6.45, 7) is 3.01. The summed E-state index contributed by atoms with van der Waals surface area (Å²) in [5.74, 6) is 0.221. The van der Waals surface area contributed by atoms with E-state index < -0.39 is 0 Å². The van der Waals surface area contributed by atoms with Crippen LogP contribution in [-0.2, 0) is 4.79 Å². The summed E-state index contributed by atoms with van der Waals surface area (Å²) in [4.78, 5) is 11.2. The second-order valence-corrected chi connectivity index (χ2v) is 4.33. The van der Waals surface area contributed by atoms with Crippen LogP contribution in [0.1, 0.15) is 26.2 Å². The van der Waals surface area contributed by atoms with Gasteiger partial charge in [-0.1, -0.05) is 38.0 Å². The Labute approximate surface area is 113 Å². The molecule has 1 amide bonds. The van der Waals surface area contributed by atoms with E-state index in [4.69, 9.17) is 0 Å². The van der Waals surface area contributed by atoms with Gasteiger partial charge < -0.3 is 0 Å². The summed E-state index contributed by atoms with van der Waals surface area (Å²) < 4.78 is 0. The number of rotatable bonds is 7. The Morgan fingerprint density at radius 2 is 1.95 bits per heavy atom. The Bertz CT molecular complexity index is 481. The molecule has 0 unspecified atom stereocenters. The number of amides is 1. The molecular weight excluding hydrogens is 240 g/mol. The first-order valence-electron chi connectivity index (χ1n) is 6.57. The minimum Gasteiger partial charge on any atom is -0.266 e. The van der Waals surface area contributed by atoms with Gasteiger partial charge in [-0.2, -0.15) is 0 Å². The van der Waals surface area contributed by atoms with E-state index in [-0.39, 0.29) is 5.91 Å². The molecule has 1 N–H and O–H groups in total. The summed E-state index contributed by atoms with van der Waals surface area (Å²) in [5, 5.41) is 9.22. The Morgan fingerprint density at radius 1 is 1.16 bits per heavy atom. The standard InChI is InChI=1S/C14H18N4O/c1-2-3-7-10-15-18(12-8-5-4-6-9-12)13-11-14(19)17-16-13/h4-6,8-9,11,15H,2-3,7,10H2,1H3. The lowest BCUT2D eigenvalue weighted by molar-refractivity contribution is -0.113. The summed E-state index contributed by atoms with van der Waals surface area (Å²) >= 11 is 0. The number of hydrogen-bond acceptors (Lipinski definition) is 4. The predicted octanol–water partition coefficient (Wildman–Crippen LogP) is 3.02. The molecule has 0 atom stereocenters. The van der Waals surface area contributed by atoms with Crippen molar-refractivity contribution in [3.63, 3.8) is 0 Å². The van der Waals surface area contributed by atoms with Crippen molar-refractivity contribution < 1.29 is 4.79 Å². The highest BCUT2D eigenvalue weighted by Gasteiger charge is 2.17. The van der Waals surface area contributed by atoms with E-state index in [1.807, 2.05) is 35.3 Å². The lowest BCUT2D eigenvalue weighted by Gasteiger charge is -2.23. The van der Waals surface area contributed by atoms with Crippen molar-refractivity contribution >= 4 is 11.6 Å². The van der Waals surface area contributed by atoms with Crippen LogP contribution in [0.4, 0.5) is 5.69 Å².